The maximum atomic E-state index is 12.0. The SMILES string of the molecule is CC(CCCC(C)C(=O)O)NC(=O)C1CNCC1C. The van der Waals surface area contributed by atoms with Crippen molar-refractivity contribution < 1.29 is 14.7 Å². The minimum absolute atomic E-state index is 0.0698. The predicted octanol–water partition coefficient (Wildman–Crippen LogP) is 1.24. The fourth-order valence-corrected chi connectivity index (χ4v) is 2.44. The van der Waals surface area contributed by atoms with E-state index in [9.17, 15) is 9.59 Å². The highest BCUT2D eigenvalue weighted by atomic mass is 16.4. The normalized spacial score (nSPS) is 25.8. The molecular weight excluding hydrogens is 244 g/mol. The number of carboxylic acids is 1. The Morgan fingerprint density at radius 1 is 1.32 bits per heavy atom. The highest BCUT2D eigenvalue weighted by molar-refractivity contribution is 5.79. The second kappa shape index (κ2) is 7.48. The van der Waals surface area contributed by atoms with Crippen molar-refractivity contribution in [3.63, 3.8) is 0 Å². The Bertz CT molecular complexity index is 320. The molecule has 0 aliphatic carbocycles. The monoisotopic (exact) mass is 270 g/mol. The molecule has 0 bridgehead atoms. The zero-order chi connectivity index (χ0) is 14.4. The molecule has 3 N–H and O–H groups in total. The van der Waals surface area contributed by atoms with Crippen LogP contribution in [-0.2, 0) is 9.59 Å². The molecule has 4 unspecified atom stereocenters. The molecular formula is C14H26N2O3. The molecule has 5 nitrogen and oxygen atoms in total. The molecule has 1 aliphatic heterocycles. The van der Waals surface area contributed by atoms with E-state index in [0.717, 1.165) is 25.9 Å². The number of nitrogens with one attached hydrogen (secondary N) is 2. The van der Waals surface area contributed by atoms with Gasteiger partial charge in [-0.1, -0.05) is 20.3 Å². The van der Waals surface area contributed by atoms with Crippen LogP contribution in [0.25, 0.3) is 0 Å². The number of aliphatic carboxylic acids is 1. The van der Waals surface area contributed by atoms with Crippen LogP contribution in [-0.4, -0.2) is 36.1 Å². The van der Waals surface area contributed by atoms with E-state index < -0.39 is 5.97 Å². The van der Waals surface area contributed by atoms with Gasteiger partial charge in [-0.3, -0.25) is 9.59 Å². The van der Waals surface area contributed by atoms with Crippen molar-refractivity contribution in [3.8, 4) is 0 Å². The van der Waals surface area contributed by atoms with Crippen molar-refractivity contribution in [2.75, 3.05) is 13.1 Å². The van der Waals surface area contributed by atoms with Gasteiger partial charge in [-0.05, 0) is 32.2 Å². The van der Waals surface area contributed by atoms with Crippen LogP contribution in [0.2, 0.25) is 0 Å². The smallest absolute Gasteiger partial charge is 0.306 e. The van der Waals surface area contributed by atoms with Gasteiger partial charge in [-0.15, -0.1) is 0 Å². The summed E-state index contributed by atoms with van der Waals surface area (Å²) >= 11 is 0. The molecule has 0 aromatic rings. The van der Waals surface area contributed by atoms with Gasteiger partial charge in [0.25, 0.3) is 0 Å². The molecule has 110 valence electrons. The molecule has 19 heavy (non-hydrogen) atoms. The van der Waals surface area contributed by atoms with Crippen molar-refractivity contribution in [1.29, 1.82) is 0 Å². The average molecular weight is 270 g/mol. The van der Waals surface area contributed by atoms with E-state index in [1.807, 2.05) is 6.92 Å². The van der Waals surface area contributed by atoms with E-state index in [-0.39, 0.29) is 23.8 Å². The van der Waals surface area contributed by atoms with Crippen LogP contribution in [0.1, 0.15) is 40.0 Å². The first-order valence-corrected chi connectivity index (χ1v) is 7.15. The quantitative estimate of drug-likeness (QED) is 0.650. The largest absolute Gasteiger partial charge is 0.481 e. The summed E-state index contributed by atoms with van der Waals surface area (Å²) in [5.41, 5.74) is 0. The number of hydrogen-bond acceptors (Lipinski definition) is 3. The molecule has 1 saturated heterocycles. The lowest BCUT2D eigenvalue weighted by Gasteiger charge is -2.19. The molecule has 0 aromatic heterocycles. The number of rotatable bonds is 7. The van der Waals surface area contributed by atoms with Crippen molar-refractivity contribution in [2.45, 2.75) is 46.1 Å². The molecule has 1 fully saturated rings. The van der Waals surface area contributed by atoms with Gasteiger partial charge in [0.15, 0.2) is 0 Å². The molecule has 5 heteroatoms. The Hall–Kier alpha value is -1.10. The highest BCUT2D eigenvalue weighted by Gasteiger charge is 2.29. The van der Waals surface area contributed by atoms with Crippen molar-refractivity contribution in [1.82, 2.24) is 10.6 Å². The van der Waals surface area contributed by atoms with Gasteiger partial charge in [0.1, 0.15) is 0 Å². The van der Waals surface area contributed by atoms with E-state index >= 15 is 0 Å². The fraction of sp³-hybridized carbons (Fsp3) is 0.857. The third-order valence-corrected chi connectivity index (χ3v) is 3.94. The first kappa shape index (κ1) is 16.0. The Morgan fingerprint density at radius 2 is 2.00 bits per heavy atom. The van der Waals surface area contributed by atoms with Crippen LogP contribution >= 0.6 is 0 Å². The van der Waals surface area contributed by atoms with E-state index in [1.54, 1.807) is 6.92 Å². The molecule has 1 aliphatic rings. The average Bonchev–Trinajstić information content (AvgIpc) is 2.75. The topological polar surface area (TPSA) is 78.4 Å². The van der Waals surface area contributed by atoms with Gasteiger partial charge in [-0.25, -0.2) is 0 Å². The van der Waals surface area contributed by atoms with E-state index in [2.05, 4.69) is 17.6 Å². The second-order valence-electron chi connectivity index (χ2n) is 5.82. The highest BCUT2D eigenvalue weighted by Crippen LogP contribution is 2.16. The lowest BCUT2D eigenvalue weighted by atomic mass is 9.96. The van der Waals surface area contributed by atoms with Crippen molar-refractivity contribution in [3.05, 3.63) is 0 Å². The van der Waals surface area contributed by atoms with Crippen LogP contribution in [0, 0.1) is 17.8 Å². The van der Waals surface area contributed by atoms with Gasteiger partial charge in [-0.2, -0.15) is 0 Å². The summed E-state index contributed by atoms with van der Waals surface area (Å²) in [6, 6.07) is 0.112. The molecule has 1 heterocycles. The number of carbonyl (C=O) groups is 2. The summed E-state index contributed by atoms with van der Waals surface area (Å²) in [5, 5.41) is 15.0. The van der Waals surface area contributed by atoms with Crippen LogP contribution in [0.4, 0.5) is 0 Å². The number of carbonyl (C=O) groups excluding carboxylic acids is 1. The summed E-state index contributed by atoms with van der Waals surface area (Å²) < 4.78 is 0. The minimum atomic E-state index is -0.748. The van der Waals surface area contributed by atoms with Crippen molar-refractivity contribution in [2.24, 2.45) is 17.8 Å². The predicted molar refractivity (Wildman–Crippen MR) is 73.8 cm³/mol. The number of amides is 1. The first-order valence-electron chi connectivity index (χ1n) is 7.15. The Morgan fingerprint density at radius 3 is 2.53 bits per heavy atom. The van der Waals surface area contributed by atoms with Crippen LogP contribution in [0.3, 0.4) is 0 Å². The molecule has 1 rings (SSSR count). The molecule has 4 atom stereocenters. The number of hydrogen-bond donors (Lipinski definition) is 3. The summed E-state index contributed by atoms with van der Waals surface area (Å²) in [5.74, 6) is -0.472. The molecule has 0 radical (unpaired) electrons. The summed E-state index contributed by atoms with van der Waals surface area (Å²) in [6.45, 7) is 7.45. The zero-order valence-electron chi connectivity index (χ0n) is 12.1. The van der Waals surface area contributed by atoms with Gasteiger partial charge in [0.2, 0.25) is 5.91 Å². The minimum Gasteiger partial charge on any atom is -0.481 e. The van der Waals surface area contributed by atoms with E-state index in [1.165, 1.54) is 0 Å². The fourth-order valence-electron chi connectivity index (χ4n) is 2.44. The van der Waals surface area contributed by atoms with Crippen LogP contribution in [0.5, 0.6) is 0 Å². The Kier molecular flexibility index (Phi) is 6.28. The Balaban J connectivity index is 2.21. The van der Waals surface area contributed by atoms with Crippen molar-refractivity contribution >= 4 is 11.9 Å². The summed E-state index contributed by atoms with van der Waals surface area (Å²) in [7, 11) is 0. The summed E-state index contributed by atoms with van der Waals surface area (Å²) in [4.78, 5) is 22.7. The molecule has 0 aromatic carbocycles. The second-order valence-corrected chi connectivity index (χ2v) is 5.82. The van der Waals surface area contributed by atoms with Gasteiger partial charge >= 0.3 is 5.97 Å². The van der Waals surface area contributed by atoms with E-state index in [4.69, 9.17) is 5.11 Å². The zero-order valence-corrected chi connectivity index (χ0v) is 12.1. The third-order valence-electron chi connectivity index (χ3n) is 3.94. The first-order chi connectivity index (χ1) is 8.91. The maximum Gasteiger partial charge on any atom is 0.306 e. The number of carboxylic acid groups (broad SMARTS) is 1. The lowest BCUT2D eigenvalue weighted by Crippen LogP contribution is -2.39. The standard InChI is InChI=1S/C14H26N2O3/c1-9(14(18)19)5-4-6-11(3)16-13(17)12-8-15-7-10(12)2/h9-12,15H,4-8H2,1-3H3,(H,16,17)(H,18,19). The Labute approximate surface area is 115 Å². The molecule has 0 saturated carbocycles. The maximum absolute atomic E-state index is 12.0. The van der Waals surface area contributed by atoms with Crippen LogP contribution in [0.15, 0.2) is 0 Å². The summed E-state index contributed by atoms with van der Waals surface area (Å²) in [6.07, 6.45) is 2.32. The van der Waals surface area contributed by atoms with Crippen LogP contribution < -0.4 is 10.6 Å². The third kappa shape index (κ3) is 5.19. The van der Waals surface area contributed by atoms with Gasteiger partial charge in [0.05, 0.1) is 11.8 Å². The molecule has 0 spiro atoms. The van der Waals surface area contributed by atoms with Gasteiger partial charge < -0.3 is 15.7 Å². The molecule has 1 amide bonds. The van der Waals surface area contributed by atoms with Gasteiger partial charge in [0, 0.05) is 12.6 Å². The van der Waals surface area contributed by atoms with E-state index in [0.29, 0.717) is 12.3 Å². The lowest BCUT2D eigenvalue weighted by molar-refractivity contribution is -0.141.